The van der Waals surface area contributed by atoms with Gasteiger partial charge in [-0.3, -0.25) is 0 Å². The highest BCUT2D eigenvalue weighted by molar-refractivity contribution is 7.80. The normalized spacial score (nSPS) is 10.3. The van der Waals surface area contributed by atoms with Crippen LogP contribution in [0.3, 0.4) is 0 Å². The Kier molecular flexibility index (Phi) is 5.18. The molecule has 0 fully saturated rings. The molecule has 3 nitrogen and oxygen atoms in total. The second-order valence-electron chi connectivity index (χ2n) is 4.94. The summed E-state index contributed by atoms with van der Waals surface area (Å²) in [7, 11) is 0. The predicted octanol–water partition coefficient (Wildman–Crippen LogP) is 3.82. The van der Waals surface area contributed by atoms with Gasteiger partial charge < -0.3 is 15.1 Å². The summed E-state index contributed by atoms with van der Waals surface area (Å²) in [5.41, 5.74) is 3.49. The second-order valence-corrected chi connectivity index (χ2v) is 5.35. The minimum Gasteiger partial charge on any atom is -0.469 e. The molecule has 1 aromatic carbocycles. The molecule has 106 valence electrons. The van der Waals surface area contributed by atoms with E-state index in [1.165, 1.54) is 11.1 Å². The van der Waals surface area contributed by atoms with Crippen molar-refractivity contribution in [1.29, 1.82) is 0 Å². The third-order valence-corrected chi connectivity index (χ3v) is 3.19. The monoisotopic (exact) mass is 288 g/mol. The van der Waals surface area contributed by atoms with Crippen molar-refractivity contribution in [1.82, 2.24) is 5.32 Å². The van der Waals surface area contributed by atoms with Crippen molar-refractivity contribution >= 4 is 23.0 Å². The second kappa shape index (κ2) is 7.10. The Bertz CT molecular complexity index is 544. The third kappa shape index (κ3) is 4.70. The van der Waals surface area contributed by atoms with Crippen LogP contribution in [0.25, 0.3) is 0 Å². The topological polar surface area (TPSA) is 37.2 Å². The number of rotatable bonds is 5. The Balaban J connectivity index is 1.72. The van der Waals surface area contributed by atoms with E-state index in [9.17, 15) is 0 Å². The summed E-state index contributed by atoms with van der Waals surface area (Å²) in [4.78, 5) is 0. The summed E-state index contributed by atoms with van der Waals surface area (Å²) < 4.78 is 5.29. The molecular formula is C16H20N2OS. The lowest BCUT2D eigenvalue weighted by Crippen LogP contribution is -2.29. The number of aryl methyl sites for hydroxylation is 3. The number of anilines is 1. The Labute approximate surface area is 125 Å². The van der Waals surface area contributed by atoms with Crippen LogP contribution in [0, 0.1) is 13.8 Å². The molecule has 0 spiro atoms. The average molecular weight is 288 g/mol. The SMILES string of the molecule is Cc1cc(C)cc(NC(=S)NCCCc2ccco2)c1. The van der Waals surface area contributed by atoms with Crippen LogP contribution >= 0.6 is 12.2 Å². The highest BCUT2D eigenvalue weighted by Crippen LogP contribution is 2.13. The fourth-order valence-electron chi connectivity index (χ4n) is 2.14. The summed E-state index contributed by atoms with van der Waals surface area (Å²) in [6.07, 6.45) is 3.61. The Morgan fingerprint density at radius 3 is 2.60 bits per heavy atom. The molecule has 0 saturated heterocycles. The zero-order chi connectivity index (χ0) is 14.4. The van der Waals surface area contributed by atoms with Gasteiger partial charge in [0.1, 0.15) is 5.76 Å². The van der Waals surface area contributed by atoms with Crippen molar-refractivity contribution < 1.29 is 4.42 Å². The number of nitrogens with one attached hydrogen (secondary N) is 2. The van der Waals surface area contributed by atoms with Crippen LogP contribution in [0.1, 0.15) is 23.3 Å². The molecule has 2 rings (SSSR count). The predicted molar refractivity (Wildman–Crippen MR) is 87.2 cm³/mol. The smallest absolute Gasteiger partial charge is 0.170 e. The first kappa shape index (κ1) is 14.6. The summed E-state index contributed by atoms with van der Waals surface area (Å²) in [6, 6.07) is 10.2. The first-order chi connectivity index (χ1) is 9.63. The molecule has 4 heteroatoms. The molecule has 2 N–H and O–H groups in total. The van der Waals surface area contributed by atoms with Gasteiger partial charge in [-0.15, -0.1) is 0 Å². The Hall–Kier alpha value is -1.81. The molecule has 0 unspecified atom stereocenters. The first-order valence-electron chi connectivity index (χ1n) is 6.79. The van der Waals surface area contributed by atoms with Gasteiger partial charge in [0.2, 0.25) is 0 Å². The van der Waals surface area contributed by atoms with E-state index in [1.807, 2.05) is 12.1 Å². The molecule has 1 aromatic heterocycles. The van der Waals surface area contributed by atoms with Crippen molar-refractivity contribution in [2.45, 2.75) is 26.7 Å². The maximum atomic E-state index is 5.29. The quantitative estimate of drug-likeness (QED) is 0.648. The van der Waals surface area contributed by atoms with Gasteiger partial charge in [0.15, 0.2) is 5.11 Å². The van der Waals surface area contributed by atoms with Gasteiger partial charge in [0.25, 0.3) is 0 Å². The minimum atomic E-state index is 0.662. The number of hydrogen-bond acceptors (Lipinski definition) is 2. The highest BCUT2D eigenvalue weighted by Gasteiger charge is 2.00. The fourth-order valence-corrected chi connectivity index (χ4v) is 2.36. The van der Waals surface area contributed by atoms with Crippen LogP contribution < -0.4 is 10.6 Å². The average Bonchev–Trinajstić information content (AvgIpc) is 2.86. The van der Waals surface area contributed by atoms with Crippen LogP contribution in [0.4, 0.5) is 5.69 Å². The van der Waals surface area contributed by atoms with Gasteiger partial charge in [0, 0.05) is 18.7 Å². The van der Waals surface area contributed by atoms with Gasteiger partial charge in [-0.1, -0.05) is 6.07 Å². The number of furan rings is 1. The zero-order valence-electron chi connectivity index (χ0n) is 11.9. The van der Waals surface area contributed by atoms with Gasteiger partial charge in [-0.05, 0) is 67.9 Å². The van der Waals surface area contributed by atoms with E-state index in [4.69, 9.17) is 16.6 Å². The first-order valence-corrected chi connectivity index (χ1v) is 7.20. The van der Waals surface area contributed by atoms with E-state index in [0.717, 1.165) is 30.8 Å². The molecule has 1 heterocycles. The summed E-state index contributed by atoms with van der Waals surface area (Å²) >= 11 is 5.29. The van der Waals surface area contributed by atoms with Gasteiger partial charge in [-0.2, -0.15) is 0 Å². The zero-order valence-corrected chi connectivity index (χ0v) is 12.7. The van der Waals surface area contributed by atoms with E-state index >= 15 is 0 Å². The van der Waals surface area contributed by atoms with Crippen molar-refractivity contribution in [3.8, 4) is 0 Å². The largest absolute Gasteiger partial charge is 0.469 e. The van der Waals surface area contributed by atoms with Crippen LogP contribution in [-0.4, -0.2) is 11.7 Å². The maximum Gasteiger partial charge on any atom is 0.170 e. The van der Waals surface area contributed by atoms with Crippen molar-refractivity contribution in [2.24, 2.45) is 0 Å². The molecule has 0 saturated carbocycles. The van der Waals surface area contributed by atoms with Gasteiger partial charge in [0.05, 0.1) is 6.26 Å². The van der Waals surface area contributed by atoms with Gasteiger partial charge >= 0.3 is 0 Å². The fraction of sp³-hybridized carbons (Fsp3) is 0.312. The molecule has 0 aliphatic carbocycles. The molecule has 2 aromatic rings. The molecule has 0 aliphatic rings. The number of thiocarbonyl (C=S) groups is 1. The van der Waals surface area contributed by atoms with Crippen LogP contribution in [0.15, 0.2) is 41.0 Å². The van der Waals surface area contributed by atoms with E-state index in [1.54, 1.807) is 6.26 Å². The van der Waals surface area contributed by atoms with E-state index in [0.29, 0.717) is 5.11 Å². The standard InChI is InChI=1S/C16H20N2OS/c1-12-9-13(2)11-14(10-12)18-16(20)17-7-3-5-15-6-4-8-19-15/h4,6,8-11H,3,5,7H2,1-2H3,(H2,17,18,20). The summed E-state index contributed by atoms with van der Waals surface area (Å²) in [5.74, 6) is 1.01. The van der Waals surface area contributed by atoms with Crippen LogP contribution in [0.5, 0.6) is 0 Å². The van der Waals surface area contributed by atoms with E-state index in [-0.39, 0.29) is 0 Å². The van der Waals surface area contributed by atoms with Gasteiger partial charge in [-0.25, -0.2) is 0 Å². The lowest BCUT2D eigenvalue weighted by molar-refractivity contribution is 0.501. The third-order valence-electron chi connectivity index (χ3n) is 2.95. The Morgan fingerprint density at radius 2 is 1.95 bits per heavy atom. The lowest BCUT2D eigenvalue weighted by atomic mass is 10.1. The summed E-state index contributed by atoms with van der Waals surface area (Å²) in [6.45, 7) is 4.99. The molecule has 0 aliphatic heterocycles. The lowest BCUT2D eigenvalue weighted by Gasteiger charge is -2.11. The van der Waals surface area contributed by atoms with Crippen LogP contribution in [-0.2, 0) is 6.42 Å². The Morgan fingerprint density at radius 1 is 1.20 bits per heavy atom. The molecule has 0 atom stereocenters. The van der Waals surface area contributed by atoms with Crippen molar-refractivity contribution in [3.63, 3.8) is 0 Å². The van der Waals surface area contributed by atoms with Crippen molar-refractivity contribution in [2.75, 3.05) is 11.9 Å². The van der Waals surface area contributed by atoms with Crippen molar-refractivity contribution in [3.05, 3.63) is 53.5 Å². The molecular weight excluding hydrogens is 268 g/mol. The molecule has 20 heavy (non-hydrogen) atoms. The number of benzene rings is 1. The molecule has 0 amide bonds. The highest BCUT2D eigenvalue weighted by atomic mass is 32.1. The summed E-state index contributed by atoms with van der Waals surface area (Å²) in [5, 5.41) is 7.09. The molecule has 0 bridgehead atoms. The maximum absolute atomic E-state index is 5.29. The van der Waals surface area contributed by atoms with E-state index < -0.39 is 0 Å². The van der Waals surface area contributed by atoms with Crippen LogP contribution in [0.2, 0.25) is 0 Å². The molecule has 0 radical (unpaired) electrons. The number of hydrogen-bond donors (Lipinski definition) is 2. The van der Waals surface area contributed by atoms with E-state index in [2.05, 4.69) is 42.7 Å². The minimum absolute atomic E-state index is 0.662.